The lowest BCUT2D eigenvalue weighted by Crippen LogP contribution is -2.41. The molecule has 7 heteroatoms. The number of anilines is 1. The first-order valence-corrected chi connectivity index (χ1v) is 10.3. The highest BCUT2D eigenvalue weighted by Crippen LogP contribution is 2.30. The van der Waals surface area contributed by atoms with Gasteiger partial charge in [0.05, 0.1) is 12.1 Å². The minimum atomic E-state index is -0.279. The molecule has 0 unspecified atom stereocenters. The van der Waals surface area contributed by atoms with Crippen LogP contribution in [0.3, 0.4) is 0 Å². The van der Waals surface area contributed by atoms with E-state index in [0.29, 0.717) is 28.8 Å². The number of aryl methyl sites for hydroxylation is 1. The molecule has 0 aliphatic carbocycles. The minimum absolute atomic E-state index is 0.0872. The normalized spacial score (nSPS) is 13.3. The van der Waals surface area contributed by atoms with Crippen molar-refractivity contribution in [2.45, 2.75) is 19.9 Å². The lowest BCUT2D eigenvalue weighted by Gasteiger charge is -2.20. The molecule has 0 radical (unpaired) electrons. The second-order valence-electron chi connectivity index (χ2n) is 7.33. The van der Waals surface area contributed by atoms with Gasteiger partial charge in [-0.1, -0.05) is 53.6 Å². The van der Waals surface area contributed by atoms with Crippen LogP contribution in [0.2, 0.25) is 5.02 Å². The molecule has 0 atom stereocenters. The second kappa shape index (κ2) is 9.10. The van der Waals surface area contributed by atoms with Gasteiger partial charge in [-0.15, -0.1) is 0 Å². The molecular formula is C24H21ClN4O2. The van der Waals surface area contributed by atoms with E-state index in [9.17, 15) is 9.59 Å². The van der Waals surface area contributed by atoms with Crippen LogP contribution in [0.1, 0.15) is 23.1 Å². The number of amides is 2. The first-order valence-electron chi connectivity index (χ1n) is 9.91. The van der Waals surface area contributed by atoms with E-state index in [1.807, 2.05) is 43.3 Å². The maximum Gasteiger partial charge on any atom is 0.240 e. The highest BCUT2D eigenvalue weighted by molar-refractivity contribution is 6.30. The van der Waals surface area contributed by atoms with Gasteiger partial charge in [-0.3, -0.25) is 14.5 Å². The van der Waals surface area contributed by atoms with Crippen molar-refractivity contribution in [1.29, 1.82) is 0 Å². The van der Waals surface area contributed by atoms with E-state index in [1.54, 1.807) is 30.5 Å². The molecule has 0 spiro atoms. The van der Waals surface area contributed by atoms with Gasteiger partial charge in [0.25, 0.3) is 0 Å². The van der Waals surface area contributed by atoms with Crippen LogP contribution in [0.5, 0.6) is 0 Å². The van der Waals surface area contributed by atoms with Gasteiger partial charge in [-0.25, -0.2) is 9.98 Å². The summed E-state index contributed by atoms with van der Waals surface area (Å²) in [4.78, 5) is 36.1. The average molecular weight is 433 g/mol. The van der Waals surface area contributed by atoms with E-state index in [2.05, 4.69) is 10.3 Å². The number of rotatable bonds is 5. The van der Waals surface area contributed by atoms with Crippen LogP contribution >= 0.6 is 11.6 Å². The molecule has 0 saturated heterocycles. The summed E-state index contributed by atoms with van der Waals surface area (Å²) in [5.74, 6) is -0.117. The van der Waals surface area contributed by atoms with Gasteiger partial charge in [-0.2, -0.15) is 0 Å². The highest BCUT2D eigenvalue weighted by atomic mass is 35.5. The van der Waals surface area contributed by atoms with Gasteiger partial charge in [-0.05, 0) is 42.3 Å². The van der Waals surface area contributed by atoms with Crippen LogP contribution in [0.25, 0.3) is 0 Å². The standard InChI is InChI=1S/C24H21ClN4O2/c1-16-4-8-18(9-5-16)21-13-23(31)29(24-20(28-21)3-2-12-26-24)15-22(30)27-14-17-6-10-19(25)11-7-17/h2-12H,13-15H2,1H3,(H,27,30). The lowest BCUT2D eigenvalue weighted by molar-refractivity contribution is -0.123. The van der Waals surface area contributed by atoms with Crippen molar-refractivity contribution in [3.05, 3.63) is 88.6 Å². The highest BCUT2D eigenvalue weighted by Gasteiger charge is 2.27. The smallest absolute Gasteiger partial charge is 0.240 e. The number of aliphatic imine (C=N–C) groups is 1. The van der Waals surface area contributed by atoms with Crippen LogP contribution in [0.4, 0.5) is 11.5 Å². The Morgan fingerprint density at radius 1 is 1.10 bits per heavy atom. The number of carbonyl (C=O) groups excluding carboxylic acids is 2. The van der Waals surface area contributed by atoms with Crippen LogP contribution in [0.15, 0.2) is 71.9 Å². The number of halogens is 1. The van der Waals surface area contributed by atoms with Gasteiger partial charge >= 0.3 is 0 Å². The van der Waals surface area contributed by atoms with Crippen molar-refractivity contribution in [3.8, 4) is 0 Å². The maximum atomic E-state index is 13.1. The third-order valence-corrected chi connectivity index (χ3v) is 5.24. The molecule has 2 heterocycles. The van der Waals surface area contributed by atoms with Gasteiger partial charge in [0.1, 0.15) is 12.2 Å². The summed E-state index contributed by atoms with van der Waals surface area (Å²) in [5.41, 5.74) is 4.15. The Kier molecular flexibility index (Phi) is 6.09. The molecule has 1 aromatic heterocycles. The molecule has 1 aliphatic heterocycles. The van der Waals surface area contributed by atoms with Crippen molar-refractivity contribution in [1.82, 2.24) is 10.3 Å². The maximum absolute atomic E-state index is 13.1. The Balaban J connectivity index is 1.53. The first-order chi connectivity index (χ1) is 15.0. The van der Waals surface area contributed by atoms with Crippen LogP contribution in [-0.2, 0) is 16.1 Å². The molecule has 2 aromatic carbocycles. The Hall–Kier alpha value is -3.51. The van der Waals surface area contributed by atoms with Gasteiger partial charge < -0.3 is 5.32 Å². The van der Waals surface area contributed by atoms with E-state index < -0.39 is 0 Å². The Bertz CT molecular complexity index is 1140. The molecule has 0 fully saturated rings. The summed E-state index contributed by atoms with van der Waals surface area (Å²) < 4.78 is 0. The summed E-state index contributed by atoms with van der Waals surface area (Å²) in [5, 5.41) is 3.48. The molecule has 0 saturated carbocycles. The largest absolute Gasteiger partial charge is 0.350 e. The molecule has 156 valence electrons. The molecule has 6 nitrogen and oxygen atoms in total. The molecule has 2 amide bonds. The van der Waals surface area contributed by atoms with Crippen molar-refractivity contribution in [3.63, 3.8) is 0 Å². The zero-order valence-corrected chi connectivity index (χ0v) is 17.8. The molecule has 0 bridgehead atoms. The first kappa shape index (κ1) is 20.8. The quantitative estimate of drug-likeness (QED) is 0.656. The number of fused-ring (bicyclic) bond motifs is 1. The SMILES string of the molecule is Cc1ccc(C2=Nc3cccnc3N(CC(=O)NCc3ccc(Cl)cc3)C(=O)C2)cc1. The van der Waals surface area contributed by atoms with Gasteiger partial charge in [0, 0.05) is 17.8 Å². The van der Waals surface area contributed by atoms with Gasteiger partial charge in [0.2, 0.25) is 11.8 Å². The number of nitrogens with one attached hydrogen (secondary N) is 1. The van der Waals surface area contributed by atoms with E-state index in [1.165, 1.54) is 4.90 Å². The van der Waals surface area contributed by atoms with Crippen LogP contribution in [-0.4, -0.2) is 29.1 Å². The Morgan fingerprint density at radius 3 is 2.58 bits per heavy atom. The molecule has 4 rings (SSSR count). The van der Waals surface area contributed by atoms with E-state index in [0.717, 1.165) is 16.7 Å². The number of benzene rings is 2. The van der Waals surface area contributed by atoms with Crippen molar-refractivity contribution in [2.24, 2.45) is 4.99 Å². The number of pyridine rings is 1. The number of carbonyl (C=O) groups is 2. The average Bonchev–Trinajstić information content (AvgIpc) is 2.90. The van der Waals surface area contributed by atoms with Crippen LogP contribution in [0, 0.1) is 6.92 Å². The fourth-order valence-corrected chi connectivity index (χ4v) is 3.43. The third-order valence-electron chi connectivity index (χ3n) is 4.99. The van der Waals surface area contributed by atoms with Crippen molar-refractivity contribution in [2.75, 3.05) is 11.4 Å². The van der Waals surface area contributed by atoms with Crippen LogP contribution < -0.4 is 10.2 Å². The number of nitrogens with zero attached hydrogens (tertiary/aromatic N) is 3. The van der Waals surface area contributed by atoms with E-state index in [4.69, 9.17) is 16.6 Å². The molecule has 3 aromatic rings. The Morgan fingerprint density at radius 2 is 1.84 bits per heavy atom. The lowest BCUT2D eigenvalue weighted by atomic mass is 10.1. The summed E-state index contributed by atoms with van der Waals surface area (Å²) in [6.45, 7) is 2.22. The van der Waals surface area contributed by atoms with Gasteiger partial charge in [0.15, 0.2) is 5.82 Å². The van der Waals surface area contributed by atoms with E-state index >= 15 is 0 Å². The van der Waals surface area contributed by atoms with E-state index in [-0.39, 0.29) is 24.8 Å². The molecular weight excluding hydrogens is 412 g/mol. The Labute approximate surface area is 185 Å². The monoisotopic (exact) mass is 432 g/mol. The summed E-state index contributed by atoms with van der Waals surface area (Å²) >= 11 is 5.90. The zero-order chi connectivity index (χ0) is 21.8. The fraction of sp³-hybridized carbons (Fsp3) is 0.167. The zero-order valence-electron chi connectivity index (χ0n) is 17.0. The molecule has 31 heavy (non-hydrogen) atoms. The number of hydrogen-bond acceptors (Lipinski definition) is 4. The fourth-order valence-electron chi connectivity index (χ4n) is 3.30. The third kappa shape index (κ3) is 4.98. The molecule has 1 aliphatic rings. The predicted octanol–water partition coefficient (Wildman–Crippen LogP) is 4.22. The summed E-state index contributed by atoms with van der Waals surface area (Å²) in [7, 11) is 0. The van der Waals surface area contributed by atoms with Crippen molar-refractivity contribution >= 4 is 40.6 Å². The minimum Gasteiger partial charge on any atom is -0.350 e. The number of hydrogen-bond donors (Lipinski definition) is 1. The topological polar surface area (TPSA) is 74.7 Å². The summed E-state index contributed by atoms with van der Waals surface area (Å²) in [6, 6.07) is 18.7. The summed E-state index contributed by atoms with van der Waals surface area (Å²) in [6.07, 6.45) is 1.68. The number of aromatic nitrogens is 1. The molecule has 1 N–H and O–H groups in total. The van der Waals surface area contributed by atoms with Crippen molar-refractivity contribution < 1.29 is 9.59 Å². The second-order valence-corrected chi connectivity index (χ2v) is 7.77. The predicted molar refractivity (Wildman–Crippen MR) is 122 cm³/mol.